The lowest BCUT2D eigenvalue weighted by molar-refractivity contribution is -0.271. The van der Waals surface area contributed by atoms with Crippen LogP contribution in [0.3, 0.4) is 0 Å². The zero-order valence-electron chi connectivity index (χ0n) is 30.3. The van der Waals surface area contributed by atoms with Crippen molar-refractivity contribution in [3.05, 3.63) is 35.4 Å². The summed E-state index contributed by atoms with van der Waals surface area (Å²) in [5.41, 5.74) is -2.72. The van der Waals surface area contributed by atoms with Crippen molar-refractivity contribution in [2.45, 2.75) is 141 Å². The topological polar surface area (TPSA) is 178 Å². The minimum absolute atomic E-state index is 0.113. The van der Waals surface area contributed by atoms with Crippen LogP contribution in [0, 0.1) is 17.8 Å². The van der Waals surface area contributed by atoms with Gasteiger partial charge in [0.25, 0.3) is 0 Å². The molecule has 12 nitrogen and oxygen atoms in total. The summed E-state index contributed by atoms with van der Waals surface area (Å²) in [7, 11) is 3.62. The highest BCUT2D eigenvalue weighted by Gasteiger charge is 2.50. The Hall–Kier alpha value is -2.16. The number of esters is 1. The van der Waals surface area contributed by atoms with Crippen LogP contribution < -0.4 is 5.32 Å². The average molecular weight is 681 g/mol. The fourth-order valence-corrected chi connectivity index (χ4v) is 7.91. The van der Waals surface area contributed by atoms with Crippen LogP contribution in [0.1, 0.15) is 96.5 Å². The molecule has 2 saturated heterocycles. The molecule has 2 fully saturated rings. The molecule has 0 aromatic heterocycles. The van der Waals surface area contributed by atoms with E-state index in [9.17, 15) is 35.1 Å². The molecule has 0 aliphatic carbocycles. The van der Waals surface area contributed by atoms with Crippen molar-refractivity contribution in [3.8, 4) is 0 Å². The van der Waals surface area contributed by atoms with Gasteiger partial charge in [0, 0.05) is 24.5 Å². The summed E-state index contributed by atoms with van der Waals surface area (Å²) in [5.74, 6) is -4.52. The molecular formula is C36H60N2O10. The number of carboxylic acids is 1. The van der Waals surface area contributed by atoms with Crippen molar-refractivity contribution in [2.24, 2.45) is 17.8 Å². The van der Waals surface area contributed by atoms with Crippen LogP contribution in [0.2, 0.25) is 0 Å². The molecule has 0 radical (unpaired) electrons. The van der Waals surface area contributed by atoms with Gasteiger partial charge >= 0.3 is 11.9 Å². The highest BCUT2D eigenvalue weighted by Crippen LogP contribution is 2.41. The lowest BCUT2D eigenvalue weighted by atomic mass is 9.77. The lowest BCUT2D eigenvalue weighted by Gasteiger charge is -2.47. The molecule has 2 aliphatic rings. The Kier molecular flexibility index (Phi) is 13.6. The zero-order chi connectivity index (χ0) is 36.3. The second-order valence-electron chi connectivity index (χ2n) is 14.9. The summed E-state index contributed by atoms with van der Waals surface area (Å²) in [6, 6.07) is 5.93. The van der Waals surface area contributed by atoms with Crippen LogP contribution in [-0.4, -0.2) is 123 Å². The van der Waals surface area contributed by atoms with Crippen molar-refractivity contribution >= 4 is 11.9 Å². The van der Waals surface area contributed by atoms with Crippen LogP contribution >= 0.6 is 0 Å². The Morgan fingerprint density at radius 3 is 2.31 bits per heavy atom. The molecule has 0 saturated carbocycles. The second kappa shape index (κ2) is 16.2. The molecule has 274 valence electrons. The van der Waals surface area contributed by atoms with Crippen LogP contribution in [-0.2, 0) is 19.0 Å². The number of benzene rings is 1. The van der Waals surface area contributed by atoms with Gasteiger partial charge in [0.05, 0.1) is 41.3 Å². The molecule has 3 rings (SSSR count). The largest absolute Gasteiger partial charge is 0.478 e. The first-order chi connectivity index (χ1) is 22.3. The molecular weight excluding hydrogens is 620 g/mol. The Labute approximate surface area is 285 Å². The maximum Gasteiger partial charge on any atom is 0.335 e. The Balaban J connectivity index is 2.12. The number of aliphatic hydroxyl groups is 4. The summed E-state index contributed by atoms with van der Waals surface area (Å²) in [6.45, 7) is 14.1. The fraction of sp³-hybridized carbons (Fsp3) is 0.778. The molecule has 1 aromatic rings. The third-order valence-electron chi connectivity index (χ3n) is 10.8. The fourth-order valence-electron chi connectivity index (χ4n) is 7.91. The SMILES string of the molecule is CC[C@H]1OC(=O)[C@H](C)[C@@H](O)[C@H](C)[C@@H](O[C@@H]2O[C@H](C)C[C@H](NC)[C@H]2c2ccccc2C(=O)O)[C@](C)(O)C[C@@H](C)CN(C)[C@H](C)[C@@H](O)[C@]1(C)O. The Morgan fingerprint density at radius 2 is 1.73 bits per heavy atom. The first-order valence-corrected chi connectivity index (χ1v) is 17.3. The minimum Gasteiger partial charge on any atom is -0.478 e. The van der Waals surface area contributed by atoms with Gasteiger partial charge in [-0.25, -0.2) is 4.79 Å². The molecule has 0 bridgehead atoms. The molecule has 14 atom stereocenters. The molecule has 0 spiro atoms. The Morgan fingerprint density at radius 1 is 1.10 bits per heavy atom. The molecule has 1 aromatic carbocycles. The van der Waals surface area contributed by atoms with E-state index in [4.69, 9.17) is 14.2 Å². The van der Waals surface area contributed by atoms with Gasteiger partial charge in [-0.1, -0.05) is 39.0 Å². The van der Waals surface area contributed by atoms with Gasteiger partial charge in [-0.3, -0.25) is 4.79 Å². The number of nitrogens with zero attached hydrogens (tertiary/aromatic N) is 1. The smallest absolute Gasteiger partial charge is 0.335 e. The van der Waals surface area contributed by atoms with Gasteiger partial charge in [-0.15, -0.1) is 0 Å². The third kappa shape index (κ3) is 8.76. The van der Waals surface area contributed by atoms with Crippen molar-refractivity contribution in [1.82, 2.24) is 10.2 Å². The molecule has 2 aliphatic heterocycles. The van der Waals surface area contributed by atoms with Crippen LogP contribution in [0.25, 0.3) is 0 Å². The quantitative estimate of drug-likeness (QED) is 0.243. The van der Waals surface area contributed by atoms with Gasteiger partial charge in [0.1, 0.15) is 17.8 Å². The van der Waals surface area contributed by atoms with Gasteiger partial charge in [-0.05, 0) is 85.5 Å². The van der Waals surface area contributed by atoms with E-state index in [1.165, 1.54) is 19.9 Å². The number of carboxylic acid groups (broad SMARTS) is 1. The zero-order valence-corrected chi connectivity index (χ0v) is 30.3. The van der Waals surface area contributed by atoms with Crippen molar-refractivity contribution in [1.29, 1.82) is 0 Å². The van der Waals surface area contributed by atoms with Crippen molar-refractivity contribution in [2.75, 3.05) is 20.6 Å². The van der Waals surface area contributed by atoms with Gasteiger partial charge in [0.2, 0.25) is 0 Å². The number of nitrogens with one attached hydrogen (secondary N) is 1. The van der Waals surface area contributed by atoms with Crippen LogP contribution in [0.4, 0.5) is 0 Å². The number of likely N-dealkylation sites (N-methyl/N-ethyl adjacent to an activating group) is 2. The third-order valence-corrected chi connectivity index (χ3v) is 10.8. The van der Waals surface area contributed by atoms with Gasteiger partial charge < -0.3 is 50.0 Å². The lowest BCUT2D eigenvalue weighted by Crippen LogP contribution is -2.59. The van der Waals surface area contributed by atoms with E-state index in [-0.39, 0.29) is 36.5 Å². The van der Waals surface area contributed by atoms with E-state index in [0.717, 1.165) is 0 Å². The number of carbonyl (C=O) groups is 2. The first-order valence-electron chi connectivity index (χ1n) is 17.3. The molecule has 0 unspecified atom stereocenters. The summed E-state index contributed by atoms with van der Waals surface area (Å²) in [4.78, 5) is 27.7. The highest BCUT2D eigenvalue weighted by molar-refractivity contribution is 5.89. The number of ether oxygens (including phenoxy) is 3. The molecule has 12 heteroatoms. The Bertz CT molecular complexity index is 1230. The number of cyclic esters (lactones) is 1. The van der Waals surface area contributed by atoms with Crippen LogP contribution in [0.15, 0.2) is 24.3 Å². The van der Waals surface area contributed by atoms with Gasteiger partial charge in [-0.2, -0.15) is 0 Å². The normalized spacial score (nSPS) is 42.8. The summed E-state index contributed by atoms with van der Waals surface area (Å²) < 4.78 is 18.9. The van der Waals surface area contributed by atoms with E-state index >= 15 is 0 Å². The average Bonchev–Trinajstić information content (AvgIpc) is 3.02. The van der Waals surface area contributed by atoms with Crippen molar-refractivity contribution in [3.63, 3.8) is 0 Å². The van der Waals surface area contributed by atoms with Crippen LogP contribution in [0.5, 0.6) is 0 Å². The van der Waals surface area contributed by atoms with E-state index in [0.29, 0.717) is 18.5 Å². The number of aromatic carboxylic acids is 1. The maximum atomic E-state index is 13.5. The number of carbonyl (C=O) groups excluding carboxylic acids is 1. The van der Waals surface area contributed by atoms with Gasteiger partial charge in [0.15, 0.2) is 6.29 Å². The summed E-state index contributed by atoms with van der Waals surface area (Å²) in [6.07, 6.45) is -5.04. The number of hydrogen-bond acceptors (Lipinski definition) is 11. The predicted octanol–water partition coefficient (Wildman–Crippen LogP) is 2.75. The summed E-state index contributed by atoms with van der Waals surface area (Å²) in [5, 5.41) is 60.1. The predicted molar refractivity (Wildman–Crippen MR) is 180 cm³/mol. The number of aliphatic hydroxyl groups excluding tert-OH is 2. The minimum atomic E-state index is -1.78. The van der Waals surface area contributed by atoms with E-state index in [2.05, 4.69) is 5.32 Å². The highest BCUT2D eigenvalue weighted by atomic mass is 16.7. The first kappa shape index (κ1) is 40.3. The molecule has 6 N–H and O–H groups in total. The molecule has 48 heavy (non-hydrogen) atoms. The number of rotatable bonds is 6. The monoisotopic (exact) mass is 680 g/mol. The van der Waals surface area contributed by atoms with Crippen molar-refractivity contribution < 1.29 is 49.3 Å². The number of hydrogen-bond donors (Lipinski definition) is 6. The summed E-state index contributed by atoms with van der Waals surface area (Å²) >= 11 is 0. The van der Waals surface area contributed by atoms with E-state index in [1.54, 1.807) is 52.9 Å². The van der Waals surface area contributed by atoms with E-state index in [1.807, 2.05) is 25.8 Å². The standard InChI is InChI=1S/C36H60N2O10/c1-11-27-36(8,45)30(40)23(6)38(10)18-19(2)17-35(7,44)31(21(4)29(39)22(5)33(43)47-27)48-34-28(26(37-9)16-20(3)46-34)24-14-12-13-15-25(24)32(41)42/h12-15,19-23,26-31,34,37,39-40,44-45H,11,16-18H2,1-10H3,(H,41,42)/t19-,20-,21+,22-,23-,26+,27-,28-,29+,30-,31-,34+,35-,36-/m1/s1. The second-order valence-corrected chi connectivity index (χ2v) is 14.9. The maximum absolute atomic E-state index is 13.5. The molecule has 0 amide bonds. The molecule has 2 heterocycles. The van der Waals surface area contributed by atoms with E-state index < -0.39 is 77.6 Å².